The molecule has 2 heterocycles. The van der Waals surface area contributed by atoms with Crippen LogP contribution in [0, 0.1) is 10.1 Å². The fourth-order valence-corrected chi connectivity index (χ4v) is 2.33. The van der Waals surface area contributed by atoms with Crippen molar-refractivity contribution in [1.82, 2.24) is 9.97 Å². The zero-order chi connectivity index (χ0) is 15.7. The van der Waals surface area contributed by atoms with Gasteiger partial charge in [0.2, 0.25) is 0 Å². The smallest absolute Gasteiger partial charge is 0.269 e. The number of nitro benzene ring substituents is 1. The van der Waals surface area contributed by atoms with Gasteiger partial charge >= 0.3 is 0 Å². The highest BCUT2D eigenvalue weighted by Gasteiger charge is 2.26. The molecule has 1 N–H and O–H groups in total. The Morgan fingerprint density at radius 1 is 1.32 bits per heavy atom. The topological polar surface area (TPSA) is 92.4 Å². The largest absolute Gasteiger partial charge is 0.389 e. The summed E-state index contributed by atoms with van der Waals surface area (Å²) in [4.78, 5) is 21.3. The second-order valence-corrected chi connectivity index (χ2v) is 5.26. The van der Waals surface area contributed by atoms with Crippen molar-refractivity contribution in [2.75, 3.05) is 18.0 Å². The first-order chi connectivity index (χ1) is 10.6. The Morgan fingerprint density at radius 2 is 2.00 bits per heavy atom. The average Bonchev–Trinajstić information content (AvgIpc) is 2.51. The van der Waals surface area contributed by atoms with Crippen molar-refractivity contribution in [3.63, 3.8) is 0 Å². The first kappa shape index (κ1) is 14.4. The van der Waals surface area contributed by atoms with E-state index in [1.807, 2.05) is 17.9 Å². The van der Waals surface area contributed by atoms with Crippen molar-refractivity contribution in [1.29, 1.82) is 0 Å². The lowest BCUT2D eigenvalue weighted by Gasteiger charge is -2.37. The Bertz CT molecular complexity index is 696. The molecule has 3 rings (SSSR count). The van der Waals surface area contributed by atoms with Crippen LogP contribution in [0.25, 0.3) is 11.4 Å². The number of aliphatic hydroxyl groups excluding tert-OH is 1. The summed E-state index contributed by atoms with van der Waals surface area (Å²) in [5, 5.41) is 20.1. The van der Waals surface area contributed by atoms with E-state index in [9.17, 15) is 15.2 Å². The van der Waals surface area contributed by atoms with Crippen molar-refractivity contribution < 1.29 is 10.0 Å². The van der Waals surface area contributed by atoms with E-state index in [-0.39, 0.29) is 11.8 Å². The van der Waals surface area contributed by atoms with Gasteiger partial charge in [-0.05, 0) is 18.6 Å². The summed E-state index contributed by atoms with van der Waals surface area (Å²) in [7, 11) is 0. The Morgan fingerprint density at radius 3 is 2.55 bits per heavy atom. The average molecular weight is 300 g/mol. The van der Waals surface area contributed by atoms with Gasteiger partial charge in [-0.25, -0.2) is 9.97 Å². The van der Waals surface area contributed by atoms with E-state index in [0.717, 1.165) is 23.5 Å². The second-order valence-electron chi connectivity index (χ2n) is 5.26. The van der Waals surface area contributed by atoms with Gasteiger partial charge in [-0.2, -0.15) is 0 Å². The van der Waals surface area contributed by atoms with Gasteiger partial charge in [0.15, 0.2) is 5.82 Å². The molecule has 2 aromatic rings. The Labute approximate surface area is 127 Å². The van der Waals surface area contributed by atoms with E-state index < -0.39 is 4.92 Å². The molecule has 1 aliphatic heterocycles. The number of β-amino-alcohol motifs (C(OH)–C–C–N with tert-alkyl or cyclic N) is 1. The van der Waals surface area contributed by atoms with Crippen LogP contribution in [0.4, 0.5) is 11.5 Å². The molecule has 0 amide bonds. The number of non-ortho nitro benzene ring substituents is 1. The standard InChI is InChI=1S/C15H16N4O3/c1-2-11-7-14(18-8-13(20)9-18)17-15(16-11)10-3-5-12(6-4-10)19(21)22/h3-7,13,20H,2,8-9H2,1H3. The van der Waals surface area contributed by atoms with Gasteiger partial charge < -0.3 is 10.0 Å². The molecule has 1 aliphatic rings. The predicted molar refractivity (Wildman–Crippen MR) is 81.7 cm³/mol. The molecule has 1 fully saturated rings. The molecule has 0 bridgehead atoms. The van der Waals surface area contributed by atoms with Crippen LogP contribution < -0.4 is 4.90 Å². The number of benzene rings is 1. The zero-order valence-corrected chi connectivity index (χ0v) is 12.1. The van der Waals surface area contributed by atoms with Crippen LogP contribution in [0.2, 0.25) is 0 Å². The molecule has 1 aromatic carbocycles. The molecule has 22 heavy (non-hydrogen) atoms. The molecule has 0 unspecified atom stereocenters. The number of aliphatic hydroxyl groups is 1. The van der Waals surface area contributed by atoms with Gasteiger partial charge in [0.1, 0.15) is 5.82 Å². The van der Waals surface area contributed by atoms with Crippen LogP contribution in [-0.2, 0) is 6.42 Å². The lowest BCUT2D eigenvalue weighted by Crippen LogP contribution is -2.51. The quantitative estimate of drug-likeness (QED) is 0.683. The third-order valence-electron chi connectivity index (χ3n) is 3.65. The van der Waals surface area contributed by atoms with Crippen LogP contribution in [0.15, 0.2) is 30.3 Å². The molecule has 0 saturated carbocycles. The first-order valence-electron chi connectivity index (χ1n) is 7.12. The Hall–Kier alpha value is -2.54. The third-order valence-corrected chi connectivity index (χ3v) is 3.65. The molecule has 0 radical (unpaired) electrons. The minimum Gasteiger partial charge on any atom is -0.389 e. The van der Waals surface area contributed by atoms with Crippen LogP contribution in [0.1, 0.15) is 12.6 Å². The highest BCUT2D eigenvalue weighted by molar-refractivity contribution is 5.60. The normalized spacial score (nSPS) is 14.7. The monoisotopic (exact) mass is 300 g/mol. The van der Waals surface area contributed by atoms with E-state index in [1.54, 1.807) is 12.1 Å². The number of nitro groups is 1. The summed E-state index contributed by atoms with van der Waals surface area (Å²) >= 11 is 0. The van der Waals surface area contributed by atoms with E-state index in [1.165, 1.54) is 12.1 Å². The van der Waals surface area contributed by atoms with Gasteiger partial charge in [0.25, 0.3) is 5.69 Å². The first-order valence-corrected chi connectivity index (χ1v) is 7.12. The third kappa shape index (κ3) is 2.75. The number of anilines is 1. The van der Waals surface area contributed by atoms with E-state index in [2.05, 4.69) is 9.97 Å². The lowest BCUT2D eigenvalue weighted by atomic mass is 10.1. The van der Waals surface area contributed by atoms with Gasteiger partial charge in [-0.3, -0.25) is 10.1 Å². The van der Waals surface area contributed by atoms with Crippen molar-refractivity contribution >= 4 is 11.5 Å². The van der Waals surface area contributed by atoms with E-state index in [0.29, 0.717) is 18.9 Å². The number of rotatable bonds is 4. The van der Waals surface area contributed by atoms with E-state index in [4.69, 9.17) is 0 Å². The fourth-order valence-electron chi connectivity index (χ4n) is 2.33. The molecule has 1 saturated heterocycles. The maximum Gasteiger partial charge on any atom is 0.269 e. The second kappa shape index (κ2) is 5.69. The molecular formula is C15H16N4O3. The number of aryl methyl sites for hydroxylation is 1. The summed E-state index contributed by atoms with van der Waals surface area (Å²) in [6.07, 6.45) is 0.467. The maximum absolute atomic E-state index is 10.7. The molecule has 7 heteroatoms. The Kier molecular flexibility index (Phi) is 3.72. The lowest BCUT2D eigenvalue weighted by molar-refractivity contribution is -0.384. The van der Waals surface area contributed by atoms with E-state index >= 15 is 0 Å². The van der Waals surface area contributed by atoms with Crippen molar-refractivity contribution in [3.8, 4) is 11.4 Å². The number of nitrogens with zero attached hydrogens (tertiary/aromatic N) is 4. The summed E-state index contributed by atoms with van der Waals surface area (Å²) in [6.45, 7) is 3.15. The number of hydrogen-bond acceptors (Lipinski definition) is 6. The highest BCUT2D eigenvalue weighted by atomic mass is 16.6. The summed E-state index contributed by atoms with van der Waals surface area (Å²) < 4.78 is 0. The Balaban J connectivity index is 1.95. The van der Waals surface area contributed by atoms with Gasteiger partial charge in [0, 0.05) is 42.5 Å². The predicted octanol–water partition coefficient (Wildman–Crippen LogP) is 1.80. The van der Waals surface area contributed by atoms with Crippen LogP contribution in [0.3, 0.4) is 0 Å². The molecule has 0 aliphatic carbocycles. The molecule has 0 atom stereocenters. The van der Waals surface area contributed by atoms with Crippen LogP contribution in [0.5, 0.6) is 0 Å². The molecule has 1 aromatic heterocycles. The summed E-state index contributed by atoms with van der Waals surface area (Å²) in [5.41, 5.74) is 1.68. The summed E-state index contributed by atoms with van der Waals surface area (Å²) in [6, 6.07) is 8.12. The minimum absolute atomic E-state index is 0.0430. The van der Waals surface area contributed by atoms with Gasteiger partial charge in [-0.1, -0.05) is 6.92 Å². The minimum atomic E-state index is -0.431. The molecular weight excluding hydrogens is 284 g/mol. The van der Waals surface area contributed by atoms with Crippen molar-refractivity contribution in [2.45, 2.75) is 19.4 Å². The molecule has 0 spiro atoms. The van der Waals surface area contributed by atoms with Crippen molar-refractivity contribution in [3.05, 3.63) is 46.1 Å². The zero-order valence-electron chi connectivity index (χ0n) is 12.1. The number of aromatic nitrogens is 2. The highest BCUT2D eigenvalue weighted by Crippen LogP contribution is 2.25. The van der Waals surface area contributed by atoms with Crippen LogP contribution >= 0.6 is 0 Å². The number of hydrogen-bond donors (Lipinski definition) is 1. The van der Waals surface area contributed by atoms with Gasteiger partial charge in [0.05, 0.1) is 11.0 Å². The van der Waals surface area contributed by atoms with Crippen molar-refractivity contribution in [2.24, 2.45) is 0 Å². The molecule has 7 nitrogen and oxygen atoms in total. The van der Waals surface area contributed by atoms with Crippen LogP contribution in [-0.4, -0.2) is 39.2 Å². The summed E-state index contributed by atoms with van der Waals surface area (Å²) in [5.74, 6) is 1.33. The maximum atomic E-state index is 10.7. The fraction of sp³-hybridized carbons (Fsp3) is 0.333. The molecule has 114 valence electrons. The van der Waals surface area contributed by atoms with Gasteiger partial charge in [-0.15, -0.1) is 0 Å². The SMILES string of the molecule is CCc1cc(N2CC(O)C2)nc(-c2ccc([N+](=O)[O-])cc2)n1.